The maximum Gasteiger partial charge on any atom is 0.342 e. The Bertz CT molecular complexity index is 857. The van der Waals surface area contributed by atoms with Gasteiger partial charge in [0.15, 0.2) is 0 Å². The van der Waals surface area contributed by atoms with Gasteiger partial charge in [0.2, 0.25) is 0 Å². The van der Waals surface area contributed by atoms with E-state index in [2.05, 4.69) is 6.92 Å². The van der Waals surface area contributed by atoms with Crippen molar-refractivity contribution < 1.29 is 14.3 Å². The van der Waals surface area contributed by atoms with Crippen LogP contribution in [0.5, 0.6) is 5.75 Å². The zero-order valence-corrected chi connectivity index (χ0v) is 15.6. The van der Waals surface area contributed by atoms with E-state index >= 15 is 0 Å². The molecule has 3 aromatic carbocycles. The molecule has 0 N–H and O–H groups in total. The lowest BCUT2D eigenvalue weighted by Gasteiger charge is -2.16. The third kappa shape index (κ3) is 4.98. The number of ether oxygens (including phenoxy) is 2. The first-order valence-corrected chi connectivity index (χ1v) is 9.32. The summed E-state index contributed by atoms with van der Waals surface area (Å²) in [5, 5.41) is 0. The number of hydrogen-bond donors (Lipinski definition) is 0. The number of para-hydroxylation sites is 1. The summed E-state index contributed by atoms with van der Waals surface area (Å²) in [6.07, 6.45) is 1.96. The Morgan fingerprint density at radius 2 is 1.56 bits per heavy atom. The number of hydrogen-bond acceptors (Lipinski definition) is 3. The molecule has 0 unspecified atom stereocenters. The zero-order valence-electron chi connectivity index (χ0n) is 15.6. The minimum atomic E-state index is -0.372. The summed E-state index contributed by atoms with van der Waals surface area (Å²) in [5.41, 5.74) is 3.34. The minimum absolute atomic E-state index is 0.240. The van der Waals surface area contributed by atoms with Gasteiger partial charge in [-0.15, -0.1) is 0 Å². The van der Waals surface area contributed by atoms with Crippen molar-refractivity contribution in [1.29, 1.82) is 0 Å². The van der Waals surface area contributed by atoms with Gasteiger partial charge in [-0.05, 0) is 23.6 Å². The maximum atomic E-state index is 12.8. The topological polar surface area (TPSA) is 35.5 Å². The predicted molar refractivity (Wildman–Crippen MR) is 108 cm³/mol. The first kappa shape index (κ1) is 18.7. The van der Waals surface area contributed by atoms with Gasteiger partial charge in [0.1, 0.15) is 17.9 Å². The normalized spacial score (nSPS) is 10.4. The molecule has 3 rings (SSSR count). The molecular formula is C24H24O3. The molecule has 0 aliphatic carbocycles. The van der Waals surface area contributed by atoms with Crippen LogP contribution in [0, 0.1) is 0 Å². The molecule has 3 heteroatoms. The van der Waals surface area contributed by atoms with E-state index in [0.717, 1.165) is 29.5 Å². The number of rotatable bonds is 8. The summed E-state index contributed by atoms with van der Waals surface area (Å²) in [6, 6.07) is 25.2. The van der Waals surface area contributed by atoms with Crippen LogP contribution >= 0.6 is 0 Å². The average molecular weight is 360 g/mol. The maximum absolute atomic E-state index is 12.8. The Kier molecular flexibility index (Phi) is 6.64. The van der Waals surface area contributed by atoms with Crippen LogP contribution in [0.25, 0.3) is 11.1 Å². The van der Waals surface area contributed by atoms with Crippen LogP contribution in [0.4, 0.5) is 0 Å². The lowest BCUT2D eigenvalue weighted by Crippen LogP contribution is -2.10. The highest BCUT2D eigenvalue weighted by molar-refractivity contribution is 5.95. The molecule has 0 saturated carbocycles. The molecule has 0 bridgehead atoms. The van der Waals surface area contributed by atoms with E-state index in [4.69, 9.17) is 9.47 Å². The Labute approximate surface area is 160 Å². The highest BCUT2D eigenvalue weighted by Crippen LogP contribution is 2.34. The van der Waals surface area contributed by atoms with Gasteiger partial charge in [-0.3, -0.25) is 0 Å². The highest BCUT2D eigenvalue weighted by Gasteiger charge is 2.18. The van der Waals surface area contributed by atoms with Gasteiger partial charge in [-0.2, -0.15) is 0 Å². The molecule has 0 aliphatic heterocycles. The van der Waals surface area contributed by atoms with E-state index in [1.807, 2.05) is 72.8 Å². The Hall–Kier alpha value is -3.07. The smallest absolute Gasteiger partial charge is 0.342 e. The van der Waals surface area contributed by atoms with Gasteiger partial charge in [0.25, 0.3) is 0 Å². The molecule has 3 aromatic rings. The van der Waals surface area contributed by atoms with E-state index in [-0.39, 0.29) is 12.6 Å². The second-order valence-electron chi connectivity index (χ2n) is 6.31. The number of esters is 1. The van der Waals surface area contributed by atoms with Crippen molar-refractivity contribution in [3.63, 3.8) is 0 Å². The number of unbranched alkanes of at least 4 members (excludes halogenated alkanes) is 1. The van der Waals surface area contributed by atoms with Crippen molar-refractivity contribution >= 4 is 5.97 Å². The molecular weight excluding hydrogens is 336 g/mol. The summed E-state index contributed by atoms with van der Waals surface area (Å²) in [4.78, 5) is 12.8. The molecule has 0 amide bonds. The summed E-state index contributed by atoms with van der Waals surface area (Å²) in [5.74, 6) is 0.221. The van der Waals surface area contributed by atoms with Gasteiger partial charge in [0, 0.05) is 5.56 Å². The van der Waals surface area contributed by atoms with Crippen molar-refractivity contribution in [3.05, 3.63) is 90.0 Å². The first-order valence-electron chi connectivity index (χ1n) is 9.32. The van der Waals surface area contributed by atoms with Crippen LogP contribution < -0.4 is 4.74 Å². The van der Waals surface area contributed by atoms with Gasteiger partial charge in [0.05, 0.1) is 6.61 Å². The average Bonchev–Trinajstić information content (AvgIpc) is 2.73. The van der Waals surface area contributed by atoms with E-state index in [1.54, 1.807) is 6.07 Å². The Morgan fingerprint density at radius 3 is 2.26 bits per heavy atom. The molecule has 0 radical (unpaired) electrons. The number of carbonyl (C=O) groups excluding carboxylic acids is 1. The second-order valence-corrected chi connectivity index (χ2v) is 6.31. The molecule has 0 spiro atoms. The van der Waals surface area contributed by atoms with E-state index in [0.29, 0.717) is 17.9 Å². The molecule has 27 heavy (non-hydrogen) atoms. The second kappa shape index (κ2) is 9.58. The molecule has 0 atom stereocenters. The standard InChI is InChI=1S/C24H24O3/c1-2-3-17-26-23-21(20-13-8-5-9-14-20)15-10-16-22(23)24(25)27-18-19-11-6-4-7-12-19/h4-16H,2-3,17-18H2,1H3. The van der Waals surface area contributed by atoms with Crippen LogP contribution in [-0.4, -0.2) is 12.6 Å². The number of carbonyl (C=O) groups is 1. The van der Waals surface area contributed by atoms with Crippen LogP contribution in [0.1, 0.15) is 35.7 Å². The van der Waals surface area contributed by atoms with Gasteiger partial charge >= 0.3 is 5.97 Å². The summed E-state index contributed by atoms with van der Waals surface area (Å²) in [7, 11) is 0. The largest absolute Gasteiger partial charge is 0.492 e. The fourth-order valence-corrected chi connectivity index (χ4v) is 2.82. The molecule has 0 heterocycles. The predicted octanol–water partition coefficient (Wildman–Crippen LogP) is 5.89. The monoisotopic (exact) mass is 360 g/mol. The van der Waals surface area contributed by atoms with Crippen molar-refractivity contribution in [1.82, 2.24) is 0 Å². The zero-order chi connectivity index (χ0) is 18.9. The lowest BCUT2D eigenvalue weighted by molar-refractivity contribution is 0.0468. The van der Waals surface area contributed by atoms with Crippen LogP contribution in [-0.2, 0) is 11.3 Å². The Balaban J connectivity index is 1.87. The third-order valence-electron chi connectivity index (χ3n) is 4.28. The quantitative estimate of drug-likeness (QED) is 0.371. The van der Waals surface area contributed by atoms with Crippen molar-refractivity contribution in [2.45, 2.75) is 26.4 Å². The van der Waals surface area contributed by atoms with Gasteiger partial charge < -0.3 is 9.47 Å². The van der Waals surface area contributed by atoms with Crippen LogP contribution in [0.3, 0.4) is 0 Å². The minimum Gasteiger partial charge on any atom is -0.492 e. The molecule has 3 nitrogen and oxygen atoms in total. The summed E-state index contributed by atoms with van der Waals surface area (Å²) < 4.78 is 11.6. The third-order valence-corrected chi connectivity index (χ3v) is 4.28. The summed E-state index contributed by atoms with van der Waals surface area (Å²) in [6.45, 7) is 2.92. The fraction of sp³-hybridized carbons (Fsp3) is 0.208. The molecule has 138 valence electrons. The van der Waals surface area contributed by atoms with Crippen molar-refractivity contribution in [2.75, 3.05) is 6.61 Å². The van der Waals surface area contributed by atoms with Crippen molar-refractivity contribution in [3.8, 4) is 16.9 Å². The van der Waals surface area contributed by atoms with E-state index in [1.165, 1.54) is 0 Å². The van der Waals surface area contributed by atoms with Gasteiger partial charge in [-0.25, -0.2) is 4.79 Å². The van der Waals surface area contributed by atoms with E-state index < -0.39 is 0 Å². The number of benzene rings is 3. The molecule has 0 aliphatic rings. The first-order chi connectivity index (χ1) is 13.3. The molecule has 0 fully saturated rings. The van der Waals surface area contributed by atoms with Crippen molar-refractivity contribution in [2.24, 2.45) is 0 Å². The van der Waals surface area contributed by atoms with Crippen LogP contribution in [0.15, 0.2) is 78.9 Å². The molecule has 0 aromatic heterocycles. The highest BCUT2D eigenvalue weighted by atomic mass is 16.5. The Morgan fingerprint density at radius 1 is 0.852 bits per heavy atom. The fourth-order valence-electron chi connectivity index (χ4n) is 2.82. The van der Waals surface area contributed by atoms with Gasteiger partial charge in [-0.1, -0.05) is 86.1 Å². The van der Waals surface area contributed by atoms with E-state index in [9.17, 15) is 4.79 Å². The molecule has 0 saturated heterocycles. The SMILES string of the molecule is CCCCOc1c(C(=O)OCc2ccccc2)cccc1-c1ccccc1. The lowest BCUT2D eigenvalue weighted by atomic mass is 10.0. The summed E-state index contributed by atoms with van der Waals surface area (Å²) >= 11 is 0. The van der Waals surface area contributed by atoms with Crippen LogP contribution in [0.2, 0.25) is 0 Å².